The third-order valence-electron chi connectivity index (χ3n) is 5.34. The smallest absolute Gasteiger partial charge is 0.256 e. The Bertz CT molecular complexity index is 1400. The second-order valence-electron chi connectivity index (χ2n) is 8.38. The van der Waals surface area contributed by atoms with Crippen LogP contribution in [-0.2, 0) is 12.8 Å². The Morgan fingerprint density at radius 1 is 1.09 bits per heavy atom. The summed E-state index contributed by atoms with van der Waals surface area (Å²) in [6.07, 6.45) is 6.31. The lowest BCUT2D eigenvalue weighted by Crippen LogP contribution is -2.19. The van der Waals surface area contributed by atoms with Gasteiger partial charge in [-0.05, 0) is 49.5 Å². The molecule has 0 aliphatic heterocycles. The van der Waals surface area contributed by atoms with Crippen molar-refractivity contribution in [3.8, 4) is 17.6 Å². The minimum absolute atomic E-state index is 0.193. The second kappa shape index (κ2) is 11.0. The summed E-state index contributed by atoms with van der Waals surface area (Å²) in [5, 5.41) is 9.84. The van der Waals surface area contributed by atoms with Gasteiger partial charge in [0, 0.05) is 49.7 Å². The monoisotopic (exact) mass is 488 g/mol. The summed E-state index contributed by atoms with van der Waals surface area (Å²) in [5.74, 6) is 1.92. The number of rotatable bonds is 9. The quantitative estimate of drug-likeness (QED) is 0.386. The average Bonchev–Trinajstić information content (AvgIpc) is 3.28. The maximum absolute atomic E-state index is 12.1. The number of nitrogens with one attached hydrogen (secondary N) is 1. The van der Waals surface area contributed by atoms with Crippen LogP contribution in [-0.4, -0.2) is 51.7 Å². The largest absolute Gasteiger partial charge is 0.491 e. The molecule has 4 rings (SSSR count). The van der Waals surface area contributed by atoms with Gasteiger partial charge in [-0.2, -0.15) is 5.26 Å². The van der Waals surface area contributed by atoms with E-state index in [0.29, 0.717) is 41.6 Å². The molecule has 0 fully saturated rings. The third kappa shape index (κ3) is 6.35. The molecule has 35 heavy (non-hydrogen) atoms. The number of nitrogens with zero attached hydrogens (tertiary/aromatic N) is 5. The molecule has 8 nitrogen and oxygen atoms in total. The van der Waals surface area contributed by atoms with Crippen molar-refractivity contribution in [3.05, 3.63) is 105 Å². The predicted molar refractivity (Wildman–Crippen MR) is 134 cm³/mol. The minimum Gasteiger partial charge on any atom is -0.491 e. The molecule has 4 aromatic rings. The molecule has 0 spiro atoms. The van der Waals surface area contributed by atoms with E-state index in [4.69, 9.17) is 16.3 Å². The SMILES string of the molecule is CN(C)CCOc1cc(Cc2ncc(Cc3ccc(-n4cc(Cl)ccc4=O)nc3)[nH]2)ccc1C#N. The van der Waals surface area contributed by atoms with Crippen molar-refractivity contribution in [2.24, 2.45) is 0 Å². The minimum atomic E-state index is -0.193. The molecule has 3 aromatic heterocycles. The molecule has 0 aliphatic rings. The van der Waals surface area contributed by atoms with E-state index in [2.05, 4.69) is 21.0 Å². The number of hydrogen-bond donors (Lipinski definition) is 1. The number of imidazole rings is 1. The van der Waals surface area contributed by atoms with Crippen LogP contribution in [0.1, 0.15) is 28.2 Å². The van der Waals surface area contributed by atoms with Gasteiger partial charge in [0.2, 0.25) is 0 Å². The van der Waals surface area contributed by atoms with E-state index in [1.54, 1.807) is 30.6 Å². The topological polar surface area (TPSA) is 99.8 Å². The first-order valence-electron chi connectivity index (χ1n) is 11.1. The summed E-state index contributed by atoms with van der Waals surface area (Å²) in [5.41, 5.74) is 3.26. The zero-order valence-corrected chi connectivity index (χ0v) is 20.3. The number of aromatic amines is 1. The van der Waals surface area contributed by atoms with Crippen molar-refractivity contribution in [2.45, 2.75) is 12.8 Å². The van der Waals surface area contributed by atoms with Crippen molar-refractivity contribution < 1.29 is 4.74 Å². The number of benzene rings is 1. The zero-order valence-electron chi connectivity index (χ0n) is 19.5. The first-order chi connectivity index (χ1) is 16.9. The van der Waals surface area contributed by atoms with Crippen molar-refractivity contribution >= 4 is 11.6 Å². The Labute approximate surface area is 208 Å². The van der Waals surface area contributed by atoms with Gasteiger partial charge in [-0.25, -0.2) is 9.97 Å². The van der Waals surface area contributed by atoms with Gasteiger partial charge in [0.15, 0.2) is 0 Å². The molecular formula is C26H25ClN6O2. The molecule has 3 heterocycles. The number of halogens is 1. The van der Waals surface area contributed by atoms with Gasteiger partial charge >= 0.3 is 0 Å². The van der Waals surface area contributed by atoms with Crippen LogP contribution in [0.4, 0.5) is 0 Å². The van der Waals surface area contributed by atoms with Crippen LogP contribution >= 0.6 is 11.6 Å². The zero-order chi connectivity index (χ0) is 24.8. The molecule has 0 amide bonds. The molecule has 1 N–H and O–H groups in total. The normalized spacial score (nSPS) is 10.9. The molecule has 0 atom stereocenters. The summed E-state index contributed by atoms with van der Waals surface area (Å²) in [4.78, 5) is 26.4. The fraction of sp³-hybridized carbons (Fsp3) is 0.231. The lowest BCUT2D eigenvalue weighted by Gasteiger charge is -2.12. The highest BCUT2D eigenvalue weighted by Crippen LogP contribution is 2.21. The number of nitriles is 1. The number of ether oxygens (including phenoxy) is 1. The number of pyridine rings is 2. The van der Waals surface area contributed by atoms with Crippen molar-refractivity contribution in [1.29, 1.82) is 5.26 Å². The lowest BCUT2D eigenvalue weighted by molar-refractivity contribution is 0.260. The van der Waals surface area contributed by atoms with E-state index in [9.17, 15) is 10.1 Å². The molecule has 1 aromatic carbocycles. The number of aromatic nitrogens is 4. The first-order valence-corrected chi connectivity index (χ1v) is 11.5. The summed E-state index contributed by atoms with van der Waals surface area (Å²) in [6.45, 7) is 1.27. The Kier molecular flexibility index (Phi) is 7.60. The molecule has 0 bridgehead atoms. The van der Waals surface area contributed by atoms with E-state index in [0.717, 1.165) is 29.2 Å². The molecule has 0 saturated carbocycles. The standard InChI is InChI=1S/C26H25ClN6O2/c1-32(2)9-10-35-23-12-18(3-5-20(23)14-28)13-24-29-16-22(31-24)11-19-4-7-25(30-15-19)33-17-21(27)6-8-26(33)34/h3-8,12,15-17H,9-11,13H2,1-2H3,(H,29,31). The third-order valence-corrected chi connectivity index (χ3v) is 5.56. The lowest BCUT2D eigenvalue weighted by atomic mass is 10.1. The van der Waals surface area contributed by atoms with E-state index < -0.39 is 0 Å². The highest BCUT2D eigenvalue weighted by Gasteiger charge is 2.09. The molecule has 0 radical (unpaired) electrons. The van der Waals surface area contributed by atoms with Gasteiger partial charge in [0.05, 0.1) is 10.6 Å². The maximum atomic E-state index is 12.1. The Morgan fingerprint density at radius 2 is 1.91 bits per heavy atom. The van der Waals surface area contributed by atoms with Gasteiger partial charge in [0.1, 0.15) is 30.1 Å². The summed E-state index contributed by atoms with van der Waals surface area (Å²) in [7, 11) is 3.95. The fourth-order valence-electron chi connectivity index (χ4n) is 3.53. The van der Waals surface area contributed by atoms with Crippen LogP contribution in [0.25, 0.3) is 5.82 Å². The van der Waals surface area contributed by atoms with E-state index in [1.165, 1.54) is 10.6 Å². The van der Waals surface area contributed by atoms with Crippen LogP contribution in [0.3, 0.4) is 0 Å². The van der Waals surface area contributed by atoms with Crippen molar-refractivity contribution in [3.63, 3.8) is 0 Å². The molecule has 0 unspecified atom stereocenters. The first kappa shape index (κ1) is 24.2. The van der Waals surface area contributed by atoms with Crippen LogP contribution in [0.15, 0.2) is 65.8 Å². The summed E-state index contributed by atoms with van der Waals surface area (Å²) in [6, 6.07) is 14.5. The summed E-state index contributed by atoms with van der Waals surface area (Å²) < 4.78 is 7.24. The van der Waals surface area contributed by atoms with Gasteiger partial charge in [-0.3, -0.25) is 9.36 Å². The van der Waals surface area contributed by atoms with Crippen LogP contribution in [0.5, 0.6) is 5.75 Å². The van der Waals surface area contributed by atoms with E-state index >= 15 is 0 Å². The number of likely N-dealkylation sites (N-methyl/N-ethyl adjacent to an activating group) is 1. The second-order valence-corrected chi connectivity index (χ2v) is 8.82. The highest BCUT2D eigenvalue weighted by atomic mass is 35.5. The van der Waals surface area contributed by atoms with E-state index in [-0.39, 0.29) is 5.56 Å². The highest BCUT2D eigenvalue weighted by molar-refractivity contribution is 6.30. The predicted octanol–water partition coefficient (Wildman–Crippen LogP) is 3.60. The Morgan fingerprint density at radius 3 is 2.66 bits per heavy atom. The Hall–Kier alpha value is -3.93. The number of H-pyrrole nitrogens is 1. The molecule has 0 aliphatic carbocycles. The maximum Gasteiger partial charge on any atom is 0.256 e. The van der Waals surface area contributed by atoms with Gasteiger partial charge < -0.3 is 14.6 Å². The van der Waals surface area contributed by atoms with Gasteiger partial charge in [-0.1, -0.05) is 23.7 Å². The van der Waals surface area contributed by atoms with Crippen molar-refractivity contribution in [1.82, 2.24) is 24.4 Å². The average molecular weight is 489 g/mol. The van der Waals surface area contributed by atoms with Gasteiger partial charge in [0.25, 0.3) is 5.56 Å². The molecule has 0 saturated heterocycles. The fourth-order valence-corrected chi connectivity index (χ4v) is 3.69. The molecule has 9 heteroatoms. The molecular weight excluding hydrogens is 464 g/mol. The Balaban J connectivity index is 1.42. The van der Waals surface area contributed by atoms with Crippen molar-refractivity contribution in [2.75, 3.05) is 27.2 Å². The van der Waals surface area contributed by atoms with Crippen LogP contribution in [0.2, 0.25) is 5.02 Å². The number of hydrogen-bond acceptors (Lipinski definition) is 6. The van der Waals surface area contributed by atoms with Crippen LogP contribution < -0.4 is 10.3 Å². The van der Waals surface area contributed by atoms with E-state index in [1.807, 2.05) is 43.4 Å². The molecule has 178 valence electrons. The van der Waals surface area contributed by atoms with Crippen LogP contribution in [0, 0.1) is 11.3 Å². The van der Waals surface area contributed by atoms with Gasteiger partial charge in [-0.15, -0.1) is 0 Å². The summed E-state index contributed by atoms with van der Waals surface area (Å²) >= 11 is 6.00.